The van der Waals surface area contributed by atoms with Crippen LogP contribution in [0.3, 0.4) is 0 Å². The Balaban J connectivity index is 2.49. The van der Waals surface area contributed by atoms with Crippen molar-refractivity contribution < 1.29 is 18.0 Å². The number of nitrogens with two attached hydrogens (primary N) is 1. The van der Waals surface area contributed by atoms with E-state index in [0.717, 1.165) is 32.3 Å². The Kier molecular flexibility index (Phi) is 6.66. The van der Waals surface area contributed by atoms with Gasteiger partial charge in [-0.25, -0.2) is 0 Å². The van der Waals surface area contributed by atoms with Crippen LogP contribution in [-0.2, 0) is 6.54 Å². The Labute approximate surface area is 127 Å². The second-order valence-corrected chi connectivity index (χ2v) is 4.88. The monoisotopic (exact) mass is 321 g/mol. The Hall–Kier alpha value is -1.77. The lowest BCUT2D eigenvalue weighted by molar-refractivity contribution is -0.142. The van der Waals surface area contributed by atoms with Crippen molar-refractivity contribution in [2.45, 2.75) is 33.0 Å². The number of hydrogen-bond acceptors (Lipinski definition) is 4. The quantitative estimate of drug-likeness (QED) is 0.711. The maximum absolute atomic E-state index is 12.3. The van der Waals surface area contributed by atoms with E-state index >= 15 is 0 Å². The molecule has 1 amide bonds. The molecule has 1 aromatic rings. The zero-order valence-electron chi connectivity index (χ0n) is 12.8. The molecule has 1 heterocycles. The summed E-state index contributed by atoms with van der Waals surface area (Å²) >= 11 is 0. The highest BCUT2D eigenvalue weighted by atomic mass is 19.4. The molecule has 9 heteroatoms. The van der Waals surface area contributed by atoms with Gasteiger partial charge in [-0.05, 0) is 26.1 Å². The van der Waals surface area contributed by atoms with E-state index in [1.807, 2.05) is 0 Å². The SMILES string of the molecule is CCN(CC)CCCNC(=O)c1nn(CC(F)(F)F)cc1N. The predicted octanol–water partition coefficient (Wildman–Crippen LogP) is 1.49. The van der Waals surface area contributed by atoms with Crippen LogP contribution < -0.4 is 11.1 Å². The fourth-order valence-corrected chi connectivity index (χ4v) is 2.01. The highest BCUT2D eigenvalue weighted by Crippen LogP contribution is 2.19. The molecule has 6 nitrogen and oxygen atoms in total. The molecular formula is C13H22F3N5O. The molecule has 1 rings (SSSR count). The van der Waals surface area contributed by atoms with E-state index in [1.54, 1.807) is 0 Å². The van der Waals surface area contributed by atoms with Gasteiger partial charge in [0.2, 0.25) is 0 Å². The van der Waals surface area contributed by atoms with E-state index in [2.05, 4.69) is 29.2 Å². The molecule has 0 aromatic carbocycles. The lowest BCUT2D eigenvalue weighted by atomic mass is 10.3. The normalized spacial score (nSPS) is 11.9. The number of hydrogen-bond donors (Lipinski definition) is 2. The maximum Gasteiger partial charge on any atom is 0.408 e. The van der Waals surface area contributed by atoms with E-state index in [0.29, 0.717) is 11.2 Å². The van der Waals surface area contributed by atoms with Crippen LogP contribution in [0.1, 0.15) is 30.8 Å². The molecular weight excluding hydrogens is 299 g/mol. The number of rotatable bonds is 8. The molecule has 0 saturated heterocycles. The molecule has 0 radical (unpaired) electrons. The summed E-state index contributed by atoms with van der Waals surface area (Å²) in [6.07, 6.45) is -2.65. The van der Waals surface area contributed by atoms with Gasteiger partial charge in [0, 0.05) is 12.7 Å². The number of carbonyl (C=O) groups is 1. The maximum atomic E-state index is 12.3. The number of nitrogens with zero attached hydrogens (tertiary/aromatic N) is 3. The molecule has 3 N–H and O–H groups in total. The fourth-order valence-electron chi connectivity index (χ4n) is 2.01. The van der Waals surface area contributed by atoms with E-state index in [1.165, 1.54) is 0 Å². The second-order valence-electron chi connectivity index (χ2n) is 4.88. The van der Waals surface area contributed by atoms with Crippen LogP contribution in [0.25, 0.3) is 0 Å². The van der Waals surface area contributed by atoms with E-state index < -0.39 is 18.6 Å². The molecule has 0 fully saturated rings. The smallest absolute Gasteiger partial charge is 0.396 e. The Morgan fingerprint density at radius 2 is 2.05 bits per heavy atom. The minimum absolute atomic E-state index is 0.0644. The van der Waals surface area contributed by atoms with Crippen molar-refractivity contribution in [3.05, 3.63) is 11.9 Å². The van der Waals surface area contributed by atoms with Crippen LogP contribution in [0.5, 0.6) is 0 Å². The summed E-state index contributed by atoms with van der Waals surface area (Å²) in [4.78, 5) is 14.1. The number of aromatic nitrogens is 2. The van der Waals surface area contributed by atoms with Crippen LogP contribution >= 0.6 is 0 Å². The molecule has 0 aliphatic heterocycles. The van der Waals surface area contributed by atoms with E-state index in [9.17, 15) is 18.0 Å². The number of carbonyl (C=O) groups excluding carboxylic acids is 1. The molecule has 0 saturated carbocycles. The summed E-state index contributed by atoms with van der Waals surface area (Å²) in [6.45, 7) is 5.95. The Bertz CT molecular complexity index is 483. The largest absolute Gasteiger partial charge is 0.408 e. The summed E-state index contributed by atoms with van der Waals surface area (Å²) in [7, 11) is 0. The number of amides is 1. The van der Waals surface area contributed by atoms with Gasteiger partial charge in [0.25, 0.3) is 5.91 Å². The van der Waals surface area contributed by atoms with Crippen molar-refractivity contribution >= 4 is 11.6 Å². The first-order chi connectivity index (χ1) is 10.3. The molecule has 1 aromatic heterocycles. The Morgan fingerprint density at radius 1 is 1.41 bits per heavy atom. The standard InChI is InChI=1S/C13H22F3N5O/c1-3-20(4-2)7-5-6-18-12(22)11-10(17)8-21(19-11)9-13(14,15)16/h8H,3-7,9,17H2,1-2H3,(H,18,22). The molecule has 0 atom stereocenters. The van der Waals surface area contributed by atoms with E-state index in [4.69, 9.17) is 5.73 Å². The van der Waals surface area contributed by atoms with Gasteiger partial charge in [0.15, 0.2) is 5.69 Å². The lowest BCUT2D eigenvalue weighted by Crippen LogP contribution is -2.30. The number of nitrogen functional groups attached to an aromatic ring is 1. The van der Waals surface area contributed by atoms with Crippen molar-refractivity contribution in [2.75, 3.05) is 31.9 Å². The third kappa shape index (κ3) is 5.92. The second kappa shape index (κ2) is 8.02. The highest BCUT2D eigenvalue weighted by molar-refractivity contribution is 5.96. The first-order valence-electron chi connectivity index (χ1n) is 7.17. The summed E-state index contributed by atoms with van der Waals surface area (Å²) in [5.74, 6) is -0.557. The molecule has 22 heavy (non-hydrogen) atoms. The van der Waals surface area contributed by atoms with Gasteiger partial charge >= 0.3 is 6.18 Å². The zero-order valence-corrected chi connectivity index (χ0v) is 12.8. The van der Waals surface area contributed by atoms with Crippen molar-refractivity contribution in [1.29, 1.82) is 0 Å². The lowest BCUT2D eigenvalue weighted by Gasteiger charge is -2.17. The molecule has 126 valence electrons. The zero-order chi connectivity index (χ0) is 16.8. The number of alkyl halides is 3. The summed E-state index contributed by atoms with van der Waals surface area (Å²) in [5, 5.41) is 6.21. The van der Waals surface area contributed by atoms with Gasteiger partial charge in [0.1, 0.15) is 6.54 Å². The minimum Gasteiger partial charge on any atom is -0.396 e. The first kappa shape index (κ1) is 18.3. The number of halogens is 3. The van der Waals surface area contributed by atoms with Crippen molar-refractivity contribution in [3.63, 3.8) is 0 Å². The predicted molar refractivity (Wildman–Crippen MR) is 77.4 cm³/mol. The van der Waals surface area contributed by atoms with Gasteiger partial charge < -0.3 is 16.0 Å². The first-order valence-corrected chi connectivity index (χ1v) is 7.17. The van der Waals surface area contributed by atoms with Gasteiger partial charge in [-0.15, -0.1) is 0 Å². The van der Waals surface area contributed by atoms with Crippen molar-refractivity contribution in [2.24, 2.45) is 0 Å². The minimum atomic E-state index is -4.41. The van der Waals surface area contributed by atoms with E-state index in [-0.39, 0.29) is 11.4 Å². The summed E-state index contributed by atoms with van der Waals surface area (Å²) in [5.41, 5.74) is 5.30. The third-order valence-corrected chi connectivity index (χ3v) is 3.18. The summed E-state index contributed by atoms with van der Waals surface area (Å²) in [6, 6.07) is 0. The molecule has 0 spiro atoms. The topological polar surface area (TPSA) is 76.2 Å². The van der Waals surface area contributed by atoms with Gasteiger partial charge in [-0.3, -0.25) is 9.48 Å². The van der Waals surface area contributed by atoms with Crippen molar-refractivity contribution in [3.8, 4) is 0 Å². The number of nitrogens with one attached hydrogen (secondary N) is 1. The van der Waals surface area contributed by atoms with Crippen molar-refractivity contribution in [1.82, 2.24) is 20.0 Å². The number of anilines is 1. The molecule has 0 aliphatic rings. The molecule has 0 bridgehead atoms. The highest BCUT2D eigenvalue weighted by Gasteiger charge is 2.29. The fraction of sp³-hybridized carbons (Fsp3) is 0.692. The van der Waals surface area contributed by atoms with Crippen LogP contribution in [0.4, 0.5) is 18.9 Å². The average molecular weight is 321 g/mol. The van der Waals surface area contributed by atoms with Crippen LogP contribution in [-0.4, -0.2) is 52.9 Å². The van der Waals surface area contributed by atoms with Crippen LogP contribution in [0, 0.1) is 0 Å². The molecule has 0 aliphatic carbocycles. The summed E-state index contributed by atoms with van der Waals surface area (Å²) < 4.78 is 37.4. The van der Waals surface area contributed by atoms with Gasteiger partial charge in [0.05, 0.1) is 5.69 Å². The van der Waals surface area contributed by atoms with Gasteiger partial charge in [-0.1, -0.05) is 13.8 Å². The van der Waals surface area contributed by atoms with Crippen LogP contribution in [0.2, 0.25) is 0 Å². The van der Waals surface area contributed by atoms with Crippen LogP contribution in [0.15, 0.2) is 6.20 Å². The molecule has 0 unspecified atom stereocenters. The van der Waals surface area contributed by atoms with Gasteiger partial charge in [-0.2, -0.15) is 18.3 Å². The Morgan fingerprint density at radius 3 is 2.59 bits per heavy atom. The third-order valence-electron chi connectivity index (χ3n) is 3.18. The average Bonchev–Trinajstić information content (AvgIpc) is 2.77.